The van der Waals surface area contributed by atoms with Gasteiger partial charge in [0.2, 0.25) is 0 Å². The molecule has 3 aromatic carbocycles. The second kappa shape index (κ2) is 9.84. The number of aliphatic carboxylic acids is 1. The number of aromatic nitrogens is 1. The van der Waals surface area contributed by atoms with Gasteiger partial charge in [-0.1, -0.05) is 48.0 Å². The van der Waals surface area contributed by atoms with Crippen molar-refractivity contribution in [3.8, 4) is 16.9 Å². The second-order valence-electron chi connectivity index (χ2n) is 8.98. The van der Waals surface area contributed by atoms with Crippen molar-refractivity contribution in [3.05, 3.63) is 95.3 Å². The lowest BCUT2D eigenvalue weighted by Crippen LogP contribution is -2.28. The number of pyridine rings is 1. The van der Waals surface area contributed by atoms with Gasteiger partial charge in [-0.2, -0.15) is 0 Å². The summed E-state index contributed by atoms with van der Waals surface area (Å²) < 4.78 is 12.1. The van der Waals surface area contributed by atoms with Crippen molar-refractivity contribution in [1.82, 2.24) is 4.98 Å². The summed E-state index contributed by atoms with van der Waals surface area (Å²) in [7, 11) is 0. The van der Waals surface area contributed by atoms with Gasteiger partial charge in [-0.25, -0.2) is 4.79 Å². The van der Waals surface area contributed by atoms with E-state index in [2.05, 4.69) is 4.98 Å². The van der Waals surface area contributed by atoms with Crippen LogP contribution in [0, 0.1) is 0 Å². The van der Waals surface area contributed by atoms with Gasteiger partial charge in [0, 0.05) is 16.8 Å². The highest BCUT2D eigenvalue weighted by atomic mass is 35.5. The summed E-state index contributed by atoms with van der Waals surface area (Å²) in [6.07, 6.45) is 2.09. The molecule has 1 N–H and O–H groups in total. The summed E-state index contributed by atoms with van der Waals surface area (Å²) in [5, 5.41) is 12.8. The number of hydrogen-bond donors (Lipinski definition) is 1. The molecule has 0 bridgehead atoms. The molecule has 34 heavy (non-hydrogen) atoms. The molecule has 0 aliphatic carbocycles. The zero-order valence-corrected chi connectivity index (χ0v) is 20.0. The lowest BCUT2D eigenvalue weighted by molar-refractivity contribution is -0.160. The third-order valence-electron chi connectivity index (χ3n) is 5.29. The lowest BCUT2D eigenvalue weighted by atomic mass is 9.87. The Kier molecular flexibility index (Phi) is 6.87. The molecule has 0 saturated carbocycles. The van der Waals surface area contributed by atoms with E-state index in [0.29, 0.717) is 16.3 Å². The van der Waals surface area contributed by atoms with E-state index in [1.165, 1.54) is 0 Å². The first-order valence-electron chi connectivity index (χ1n) is 11.0. The number of ether oxygens (including phenoxy) is 2. The zero-order chi connectivity index (χ0) is 24.3. The van der Waals surface area contributed by atoms with Crippen LogP contribution in [0.5, 0.6) is 5.75 Å². The molecular weight excluding hydrogens is 450 g/mol. The fourth-order valence-corrected chi connectivity index (χ4v) is 4.07. The molecule has 6 heteroatoms. The van der Waals surface area contributed by atoms with Crippen LogP contribution in [0.2, 0.25) is 5.02 Å². The first-order chi connectivity index (χ1) is 16.2. The molecular formula is C28H26ClNO4. The number of carbonyl (C=O) groups is 1. The summed E-state index contributed by atoms with van der Waals surface area (Å²) in [6, 6.07) is 20.9. The molecule has 5 nitrogen and oxygen atoms in total. The van der Waals surface area contributed by atoms with Gasteiger partial charge in [0.1, 0.15) is 12.4 Å². The van der Waals surface area contributed by atoms with Crippen molar-refractivity contribution in [3.63, 3.8) is 0 Å². The Morgan fingerprint density at radius 3 is 2.44 bits per heavy atom. The van der Waals surface area contributed by atoms with Crippen molar-refractivity contribution in [2.75, 3.05) is 0 Å². The topological polar surface area (TPSA) is 68.7 Å². The van der Waals surface area contributed by atoms with Gasteiger partial charge in [0.25, 0.3) is 0 Å². The van der Waals surface area contributed by atoms with Gasteiger partial charge in [0.05, 0.1) is 11.8 Å². The smallest absolute Gasteiger partial charge is 0.337 e. The van der Waals surface area contributed by atoms with Crippen molar-refractivity contribution in [1.29, 1.82) is 0 Å². The third-order valence-corrected chi connectivity index (χ3v) is 5.55. The predicted octanol–water partition coefficient (Wildman–Crippen LogP) is 7.08. The summed E-state index contributed by atoms with van der Waals surface area (Å²) in [5.41, 5.74) is 2.24. The average Bonchev–Trinajstić information content (AvgIpc) is 2.81. The van der Waals surface area contributed by atoms with Crippen LogP contribution in [0.25, 0.3) is 21.9 Å². The van der Waals surface area contributed by atoms with Crippen molar-refractivity contribution < 1.29 is 19.4 Å². The molecule has 0 unspecified atom stereocenters. The number of benzene rings is 3. The molecule has 4 rings (SSSR count). The lowest BCUT2D eigenvalue weighted by Gasteiger charge is -2.29. The Morgan fingerprint density at radius 2 is 1.79 bits per heavy atom. The highest BCUT2D eigenvalue weighted by Crippen LogP contribution is 2.41. The Morgan fingerprint density at radius 1 is 1.06 bits per heavy atom. The van der Waals surface area contributed by atoms with Crippen LogP contribution in [0.15, 0.2) is 79.1 Å². The standard InChI is InChI=1S/C28H26ClNO4/c1-28(2,3)34-26(27(31)32)25-20(17-33-22-8-6-14-30-16-22)15-19-7-4-5-9-23(19)24(25)18-10-12-21(29)13-11-18/h4-16,26H,17H2,1-3H3,(H,31,32)/t26-/m0/s1. The van der Waals surface area contributed by atoms with Crippen molar-refractivity contribution in [2.24, 2.45) is 0 Å². The highest BCUT2D eigenvalue weighted by molar-refractivity contribution is 6.30. The number of hydrogen-bond acceptors (Lipinski definition) is 4. The average molecular weight is 476 g/mol. The largest absolute Gasteiger partial charge is 0.487 e. The maximum absolute atomic E-state index is 12.6. The normalized spacial score (nSPS) is 12.5. The Labute approximate surface area is 203 Å². The SMILES string of the molecule is CC(C)(C)O[C@H](C(=O)O)c1c(COc2cccnc2)cc2ccccc2c1-c1ccc(Cl)cc1. The molecule has 0 spiro atoms. The molecule has 1 aromatic heterocycles. The van der Waals surface area contributed by atoms with Crippen molar-refractivity contribution >= 4 is 28.3 Å². The van der Waals surface area contributed by atoms with Gasteiger partial charge in [-0.15, -0.1) is 0 Å². The van der Waals surface area contributed by atoms with Gasteiger partial charge < -0.3 is 14.6 Å². The van der Waals surface area contributed by atoms with Crippen LogP contribution in [0.1, 0.15) is 38.0 Å². The molecule has 0 aliphatic heterocycles. The summed E-state index contributed by atoms with van der Waals surface area (Å²) in [4.78, 5) is 16.7. The summed E-state index contributed by atoms with van der Waals surface area (Å²) in [6.45, 7) is 5.69. The first-order valence-corrected chi connectivity index (χ1v) is 11.3. The van der Waals surface area contributed by atoms with E-state index in [1.807, 2.05) is 69.3 Å². The highest BCUT2D eigenvalue weighted by Gasteiger charge is 2.32. The molecule has 0 saturated heterocycles. The van der Waals surface area contributed by atoms with Crippen LogP contribution in [-0.2, 0) is 16.1 Å². The van der Waals surface area contributed by atoms with E-state index in [-0.39, 0.29) is 6.61 Å². The van der Waals surface area contributed by atoms with E-state index < -0.39 is 17.7 Å². The van der Waals surface area contributed by atoms with Crippen LogP contribution in [-0.4, -0.2) is 21.7 Å². The quantitative estimate of drug-likeness (QED) is 0.309. The van der Waals surface area contributed by atoms with Crippen LogP contribution in [0.3, 0.4) is 0 Å². The number of fused-ring (bicyclic) bond motifs is 1. The van der Waals surface area contributed by atoms with E-state index in [1.54, 1.807) is 30.6 Å². The van der Waals surface area contributed by atoms with E-state index in [9.17, 15) is 9.90 Å². The van der Waals surface area contributed by atoms with E-state index >= 15 is 0 Å². The van der Waals surface area contributed by atoms with E-state index in [0.717, 1.165) is 27.5 Å². The van der Waals surface area contributed by atoms with E-state index in [4.69, 9.17) is 21.1 Å². The van der Waals surface area contributed by atoms with Gasteiger partial charge in [-0.05, 0) is 78.6 Å². The minimum atomic E-state index is -1.21. The minimum absolute atomic E-state index is 0.156. The molecule has 0 fully saturated rings. The number of halogens is 1. The predicted molar refractivity (Wildman–Crippen MR) is 134 cm³/mol. The number of carboxylic acids is 1. The van der Waals surface area contributed by atoms with Crippen LogP contribution in [0.4, 0.5) is 0 Å². The summed E-state index contributed by atoms with van der Waals surface area (Å²) >= 11 is 6.16. The Balaban J connectivity index is 1.99. The fourth-order valence-electron chi connectivity index (χ4n) is 3.95. The Bertz CT molecular complexity index is 1300. The maximum Gasteiger partial charge on any atom is 0.337 e. The molecule has 174 valence electrons. The maximum atomic E-state index is 12.6. The number of nitrogens with zero attached hydrogens (tertiary/aromatic N) is 1. The van der Waals surface area contributed by atoms with Gasteiger partial charge in [-0.3, -0.25) is 4.98 Å². The molecule has 0 amide bonds. The third kappa shape index (κ3) is 5.38. The van der Waals surface area contributed by atoms with Crippen LogP contribution >= 0.6 is 11.6 Å². The van der Waals surface area contributed by atoms with Gasteiger partial charge in [0.15, 0.2) is 6.10 Å². The Hall–Kier alpha value is -3.41. The van der Waals surface area contributed by atoms with Crippen LogP contribution < -0.4 is 4.74 Å². The summed E-state index contributed by atoms with van der Waals surface area (Å²) in [5.74, 6) is -0.471. The molecule has 1 heterocycles. The molecule has 4 aromatic rings. The van der Waals surface area contributed by atoms with Gasteiger partial charge >= 0.3 is 5.97 Å². The first kappa shape index (κ1) is 23.7. The number of carboxylic acid groups (broad SMARTS) is 1. The second-order valence-corrected chi connectivity index (χ2v) is 9.41. The monoisotopic (exact) mass is 475 g/mol. The molecule has 0 aliphatic rings. The molecule has 1 atom stereocenters. The minimum Gasteiger partial charge on any atom is -0.487 e. The zero-order valence-electron chi connectivity index (χ0n) is 19.3. The number of rotatable bonds is 7. The fraction of sp³-hybridized carbons (Fsp3) is 0.214. The molecule has 0 radical (unpaired) electrons. The van der Waals surface area contributed by atoms with Crippen molar-refractivity contribution in [2.45, 2.75) is 39.1 Å².